The second-order valence-electron chi connectivity index (χ2n) is 7.12. The highest BCUT2D eigenvalue weighted by atomic mass is 35.5. The Morgan fingerprint density at radius 3 is 2.62 bits per heavy atom. The molecule has 3 saturated heterocycles. The van der Waals surface area contributed by atoms with Gasteiger partial charge in [0.05, 0.1) is 10.7 Å². The molecular weight excluding hydrogens is 328 g/mol. The average molecular weight is 351 g/mol. The summed E-state index contributed by atoms with van der Waals surface area (Å²) in [6, 6.07) is 1.95. The van der Waals surface area contributed by atoms with Gasteiger partial charge >= 0.3 is 0 Å². The Morgan fingerprint density at radius 1 is 1.33 bits per heavy atom. The van der Waals surface area contributed by atoms with Crippen molar-refractivity contribution in [3.8, 4) is 5.75 Å². The van der Waals surface area contributed by atoms with E-state index < -0.39 is 12.0 Å². The Labute approximate surface area is 146 Å². The van der Waals surface area contributed by atoms with Gasteiger partial charge in [0.1, 0.15) is 11.4 Å². The highest BCUT2D eigenvalue weighted by Gasteiger charge is 2.44. The highest BCUT2D eigenvalue weighted by molar-refractivity contribution is 6.34. The lowest BCUT2D eigenvalue weighted by molar-refractivity contribution is -0.124. The number of halogens is 1. The topological polar surface area (TPSA) is 93.6 Å². The summed E-state index contributed by atoms with van der Waals surface area (Å²) in [6.45, 7) is 3.84. The maximum atomic E-state index is 11.7. The maximum Gasteiger partial charge on any atom is 0.258 e. The van der Waals surface area contributed by atoms with Crippen molar-refractivity contribution in [1.82, 2.24) is 4.90 Å². The Morgan fingerprint density at radius 2 is 2.00 bits per heavy atom. The number of nitrogens with zero attached hydrogens (tertiary/aromatic N) is 1. The van der Waals surface area contributed by atoms with E-state index in [1.807, 2.05) is 6.07 Å². The normalized spacial score (nSPS) is 31.5. The van der Waals surface area contributed by atoms with Crippen LogP contribution in [0.5, 0.6) is 5.75 Å². The second kappa shape index (κ2) is 5.70. The fourth-order valence-corrected chi connectivity index (χ4v) is 4.50. The van der Waals surface area contributed by atoms with Crippen molar-refractivity contribution >= 4 is 28.9 Å². The lowest BCUT2D eigenvalue weighted by Gasteiger charge is -2.49. The number of primary amides is 1. The SMILES string of the molecule is NC(=O)C1CCNc2c(N)c(Cl)cc(C34CCN(CC3)CC4)c2O1. The van der Waals surface area contributed by atoms with E-state index in [4.69, 9.17) is 27.8 Å². The third-order valence-electron chi connectivity index (χ3n) is 5.85. The number of nitrogen functional groups attached to an aromatic ring is 1. The van der Waals surface area contributed by atoms with Gasteiger partial charge in [-0.3, -0.25) is 4.79 Å². The zero-order valence-corrected chi connectivity index (χ0v) is 14.4. The fourth-order valence-electron chi connectivity index (χ4n) is 4.30. The van der Waals surface area contributed by atoms with E-state index >= 15 is 0 Å². The fraction of sp³-hybridized carbons (Fsp3) is 0.588. The molecule has 1 aromatic carbocycles. The van der Waals surface area contributed by atoms with Gasteiger partial charge in [0.15, 0.2) is 6.10 Å². The third kappa shape index (κ3) is 2.40. The minimum absolute atomic E-state index is 0.0460. The Balaban J connectivity index is 1.85. The van der Waals surface area contributed by atoms with Crippen molar-refractivity contribution in [3.63, 3.8) is 0 Å². The van der Waals surface area contributed by atoms with Crippen LogP contribution in [-0.4, -0.2) is 43.1 Å². The van der Waals surface area contributed by atoms with E-state index in [0.717, 1.165) is 44.5 Å². The zero-order valence-electron chi connectivity index (χ0n) is 13.6. The van der Waals surface area contributed by atoms with Crippen LogP contribution in [0.1, 0.15) is 31.2 Å². The third-order valence-corrected chi connectivity index (χ3v) is 6.16. The Bertz CT molecular complexity index is 672. The van der Waals surface area contributed by atoms with Crippen LogP contribution in [0.2, 0.25) is 5.02 Å². The molecule has 24 heavy (non-hydrogen) atoms. The summed E-state index contributed by atoms with van der Waals surface area (Å²) in [5, 5.41) is 3.84. The zero-order chi connectivity index (χ0) is 16.9. The average Bonchev–Trinajstić information content (AvgIpc) is 2.83. The lowest BCUT2D eigenvalue weighted by atomic mass is 9.67. The minimum Gasteiger partial charge on any atom is -0.478 e. The van der Waals surface area contributed by atoms with E-state index in [2.05, 4.69) is 10.2 Å². The predicted molar refractivity (Wildman–Crippen MR) is 94.6 cm³/mol. The summed E-state index contributed by atoms with van der Waals surface area (Å²) in [6.07, 6.45) is 3.10. The molecule has 1 atom stereocenters. The molecule has 0 aliphatic carbocycles. The molecular formula is C17H23ClN4O2. The summed E-state index contributed by atoms with van der Waals surface area (Å²) >= 11 is 6.43. The van der Waals surface area contributed by atoms with Gasteiger partial charge in [-0.05, 0) is 45.0 Å². The number of piperidine rings is 3. The summed E-state index contributed by atoms with van der Waals surface area (Å²) < 4.78 is 6.09. The smallest absolute Gasteiger partial charge is 0.258 e. The molecule has 5 rings (SSSR count). The van der Waals surface area contributed by atoms with Crippen molar-refractivity contribution in [3.05, 3.63) is 16.7 Å². The largest absolute Gasteiger partial charge is 0.478 e. The molecule has 1 aromatic rings. The van der Waals surface area contributed by atoms with E-state index in [-0.39, 0.29) is 5.41 Å². The number of ether oxygens (including phenoxy) is 1. The first-order valence-electron chi connectivity index (χ1n) is 8.55. The van der Waals surface area contributed by atoms with Gasteiger partial charge < -0.3 is 26.4 Å². The van der Waals surface area contributed by atoms with Gasteiger partial charge in [0.2, 0.25) is 0 Å². The number of nitrogens with one attached hydrogen (secondary N) is 1. The number of fused-ring (bicyclic) bond motifs is 4. The van der Waals surface area contributed by atoms with Crippen molar-refractivity contribution in [1.29, 1.82) is 0 Å². The van der Waals surface area contributed by atoms with Crippen molar-refractivity contribution in [2.45, 2.75) is 37.2 Å². The molecule has 6 nitrogen and oxygen atoms in total. The molecule has 1 unspecified atom stereocenters. The minimum atomic E-state index is -0.641. The summed E-state index contributed by atoms with van der Waals surface area (Å²) in [5.74, 6) is 0.230. The summed E-state index contributed by atoms with van der Waals surface area (Å²) in [7, 11) is 0. The molecule has 130 valence electrons. The van der Waals surface area contributed by atoms with Crippen LogP contribution in [0, 0.1) is 0 Å². The molecule has 4 aliphatic rings. The van der Waals surface area contributed by atoms with Crippen LogP contribution in [0.4, 0.5) is 11.4 Å². The number of carbonyl (C=O) groups excluding carboxylic acids is 1. The molecule has 3 fully saturated rings. The van der Waals surface area contributed by atoms with Crippen LogP contribution < -0.4 is 21.5 Å². The number of nitrogens with two attached hydrogens (primary N) is 2. The van der Waals surface area contributed by atoms with Gasteiger partial charge in [0.25, 0.3) is 5.91 Å². The number of amides is 1. The molecule has 2 bridgehead atoms. The number of hydrogen-bond donors (Lipinski definition) is 3. The van der Waals surface area contributed by atoms with E-state index in [1.54, 1.807) is 0 Å². The molecule has 0 spiro atoms. The number of benzene rings is 1. The standard InChI is InChI=1S/C17H23ClN4O2/c18-11-9-10(17-2-6-22(7-3-17)8-4-17)15-14(13(11)19)21-5-1-12(24-15)16(20)23/h9,12,21H,1-8,19H2,(H2,20,23). The predicted octanol–water partition coefficient (Wildman–Crippen LogP) is 1.71. The maximum absolute atomic E-state index is 11.7. The lowest BCUT2D eigenvalue weighted by Crippen LogP contribution is -2.50. The van der Waals surface area contributed by atoms with Gasteiger partial charge in [-0.15, -0.1) is 0 Å². The highest BCUT2D eigenvalue weighted by Crippen LogP contribution is 2.52. The van der Waals surface area contributed by atoms with E-state index in [1.165, 1.54) is 0 Å². The quantitative estimate of drug-likeness (QED) is 0.706. The second-order valence-corrected chi connectivity index (χ2v) is 7.53. The van der Waals surface area contributed by atoms with Crippen molar-refractivity contribution < 1.29 is 9.53 Å². The van der Waals surface area contributed by atoms with Crippen LogP contribution in [0.15, 0.2) is 6.07 Å². The molecule has 4 aliphatic heterocycles. The van der Waals surface area contributed by atoms with Crippen molar-refractivity contribution in [2.75, 3.05) is 37.2 Å². The first-order chi connectivity index (χ1) is 11.5. The Hall–Kier alpha value is -1.66. The monoisotopic (exact) mass is 350 g/mol. The molecule has 7 heteroatoms. The molecule has 0 saturated carbocycles. The van der Waals surface area contributed by atoms with Crippen molar-refractivity contribution in [2.24, 2.45) is 5.73 Å². The van der Waals surface area contributed by atoms with E-state index in [0.29, 0.717) is 35.1 Å². The molecule has 4 heterocycles. The number of rotatable bonds is 2. The van der Waals surface area contributed by atoms with Crippen LogP contribution in [0.25, 0.3) is 0 Å². The van der Waals surface area contributed by atoms with Crippen LogP contribution >= 0.6 is 11.6 Å². The number of anilines is 2. The van der Waals surface area contributed by atoms with Gasteiger partial charge in [-0.25, -0.2) is 0 Å². The first kappa shape index (κ1) is 15.8. The van der Waals surface area contributed by atoms with Gasteiger partial charge in [-0.1, -0.05) is 11.6 Å². The number of carbonyl (C=O) groups is 1. The van der Waals surface area contributed by atoms with Gasteiger partial charge in [0, 0.05) is 23.9 Å². The molecule has 1 amide bonds. The number of hydrogen-bond acceptors (Lipinski definition) is 5. The summed E-state index contributed by atoms with van der Waals surface area (Å²) in [4.78, 5) is 14.2. The first-order valence-corrected chi connectivity index (χ1v) is 8.93. The van der Waals surface area contributed by atoms with Crippen LogP contribution in [-0.2, 0) is 10.2 Å². The molecule has 5 N–H and O–H groups in total. The Kier molecular flexibility index (Phi) is 3.77. The molecule has 0 aromatic heterocycles. The van der Waals surface area contributed by atoms with Gasteiger partial charge in [-0.2, -0.15) is 0 Å². The molecule has 0 radical (unpaired) electrons. The van der Waals surface area contributed by atoms with Crippen LogP contribution in [0.3, 0.4) is 0 Å². The summed E-state index contributed by atoms with van der Waals surface area (Å²) in [5.41, 5.74) is 14.0. The van der Waals surface area contributed by atoms with E-state index in [9.17, 15) is 4.79 Å².